The highest BCUT2D eigenvalue weighted by molar-refractivity contribution is 7.95. The number of anilines is 1. The number of benzene rings is 1. The molecule has 38 heavy (non-hydrogen) atoms. The number of aliphatic imine (C=N–C) groups is 1. The summed E-state index contributed by atoms with van der Waals surface area (Å²) in [5, 5.41) is 7.84. The molecular weight excluding hydrogens is 531 g/mol. The molecule has 0 amide bonds. The number of aryl methyl sites for hydroxylation is 1. The van der Waals surface area contributed by atoms with E-state index in [1.54, 1.807) is 44.1 Å². The van der Waals surface area contributed by atoms with Crippen molar-refractivity contribution in [2.45, 2.75) is 33.2 Å². The first kappa shape index (κ1) is 32.9. The maximum absolute atomic E-state index is 11.9. The van der Waals surface area contributed by atoms with Gasteiger partial charge in [-0.1, -0.05) is 26.0 Å². The van der Waals surface area contributed by atoms with E-state index in [1.807, 2.05) is 27.0 Å². The molecule has 1 aliphatic rings. The van der Waals surface area contributed by atoms with Crippen molar-refractivity contribution in [2.24, 2.45) is 17.8 Å². The third-order valence-electron chi connectivity index (χ3n) is 5.13. The van der Waals surface area contributed by atoms with E-state index in [2.05, 4.69) is 19.4 Å². The molecule has 0 saturated heterocycles. The molecule has 4 N–H and O–H groups in total. The van der Waals surface area contributed by atoms with Crippen molar-refractivity contribution in [1.82, 2.24) is 9.55 Å². The lowest BCUT2D eigenvalue weighted by Crippen LogP contribution is -2.15. The maximum atomic E-state index is 11.9. The number of esters is 1. The Morgan fingerprint density at radius 3 is 2.58 bits per heavy atom. The molecule has 0 radical (unpaired) electrons. The van der Waals surface area contributed by atoms with Gasteiger partial charge in [-0.05, 0) is 18.6 Å². The van der Waals surface area contributed by atoms with E-state index in [4.69, 9.17) is 15.9 Å². The number of ether oxygens (including phenoxy) is 2. The van der Waals surface area contributed by atoms with Crippen LogP contribution in [0.1, 0.15) is 58.9 Å². The molecule has 0 bridgehead atoms. The van der Waals surface area contributed by atoms with Gasteiger partial charge in [-0.25, -0.2) is 4.98 Å². The number of hydrogen-bond donors (Lipinski definition) is 3. The van der Waals surface area contributed by atoms with E-state index >= 15 is 0 Å². The third kappa shape index (κ3) is 7.69. The highest BCUT2D eigenvalue weighted by atomic mass is 32.2. The second kappa shape index (κ2) is 16.7. The van der Waals surface area contributed by atoms with Gasteiger partial charge in [-0.3, -0.25) is 14.6 Å². The summed E-state index contributed by atoms with van der Waals surface area (Å²) in [6, 6.07) is 5.29. The van der Waals surface area contributed by atoms with Crippen LogP contribution in [0.2, 0.25) is 0 Å². The second-order valence-corrected chi connectivity index (χ2v) is 8.87. The molecule has 1 aromatic carbocycles. The second-order valence-electron chi connectivity index (χ2n) is 7.48. The molecule has 1 atom stereocenters. The molecule has 0 aliphatic carbocycles. The van der Waals surface area contributed by atoms with Crippen LogP contribution in [-0.2, 0) is 27.9 Å². The van der Waals surface area contributed by atoms with Crippen molar-refractivity contribution >= 4 is 63.9 Å². The minimum Gasteiger partial charge on any atom is -0.468 e. The van der Waals surface area contributed by atoms with E-state index in [9.17, 15) is 13.5 Å². The highest BCUT2D eigenvalue weighted by Gasteiger charge is 2.27. The summed E-state index contributed by atoms with van der Waals surface area (Å²) < 4.78 is 26.0. The first-order valence-corrected chi connectivity index (χ1v) is 13.2. The molecule has 2 aromatic heterocycles. The Hall–Kier alpha value is -3.13. The SMILES string of the molecule is CC.COC.COC(=O)C(C)c1nc2c(s1)c1c(n2C)C(=O)CN=C1.N=Cc1c(CN)cccc1NSF. The molecule has 3 heterocycles. The topological polar surface area (TPSA) is 145 Å². The van der Waals surface area contributed by atoms with Crippen molar-refractivity contribution in [3.63, 3.8) is 0 Å². The zero-order valence-corrected chi connectivity index (χ0v) is 24.3. The van der Waals surface area contributed by atoms with Gasteiger partial charge in [0, 0.05) is 51.4 Å². The van der Waals surface area contributed by atoms with Crippen LogP contribution in [0.4, 0.5) is 9.57 Å². The smallest absolute Gasteiger partial charge is 0.315 e. The molecule has 0 fully saturated rings. The van der Waals surface area contributed by atoms with Gasteiger partial charge < -0.3 is 29.9 Å². The number of methoxy groups -OCH3 is 2. The summed E-state index contributed by atoms with van der Waals surface area (Å²) in [7, 11) is 6.42. The van der Waals surface area contributed by atoms with Crippen LogP contribution in [0, 0.1) is 5.41 Å². The van der Waals surface area contributed by atoms with Gasteiger partial charge in [-0.15, -0.1) is 15.2 Å². The predicted octanol–water partition coefficient (Wildman–Crippen LogP) is 4.90. The van der Waals surface area contributed by atoms with Crippen LogP contribution in [0.15, 0.2) is 23.2 Å². The van der Waals surface area contributed by atoms with Gasteiger partial charge in [0.25, 0.3) is 0 Å². The van der Waals surface area contributed by atoms with E-state index < -0.39 is 5.92 Å². The number of thiazole rings is 1. The largest absolute Gasteiger partial charge is 0.468 e. The number of nitrogens with two attached hydrogens (primary N) is 1. The standard InChI is InChI=1S/C13H13N3O3S.C8H10FN3S.C2H6O.C2H6/c1-6(13(18)19-3)12-15-11-10(20-12)7-4-14-5-8(17)9(7)16(11)2;9-13-12-8-3-1-2-6(4-10)7(8)5-11;1-3-2;1-2/h4,6H,5H2,1-3H3;1-3,5,11-12H,4,10H2;1-2H3;1-2H3. The van der Waals surface area contributed by atoms with Crippen LogP contribution in [0.25, 0.3) is 10.3 Å². The van der Waals surface area contributed by atoms with Gasteiger partial charge in [0.15, 0.2) is 18.0 Å². The van der Waals surface area contributed by atoms with Gasteiger partial charge in [-0.2, -0.15) is 0 Å². The summed E-state index contributed by atoms with van der Waals surface area (Å²) >= 11 is 1.42. The average molecular weight is 567 g/mol. The molecular formula is C25H35FN6O4S2. The fraction of sp³-hybridized carbons (Fsp3) is 0.400. The normalized spacial score (nSPS) is 12.1. The van der Waals surface area contributed by atoms with Crippen LogP contribution in [-0.4, -0.2) is 61.6 Å². The Balaban J connectivity index is 0.000000347. The Kier molecular flexibility index (Phi) is 14.4. The predicted molar refractivity (Wildman–Crippen MR) is 155 cm³/mol. The third-order valence-corrected chi connectivity index (χ3v) is 6.69. The molecule has 1 unspecified atom stereocenters. The quantitative estimate of drug-likeness (QED) is 0.217. The number of halogens is 1. The Morgan fingerprint density at radius 1 is 1.37 bits per heavy atom. The van der Waals surface area contributed by atoms with Crippen molar-refractivity contribution in [3.8, 4) is 0 Å². The summed E-state index contributed by atoms with van der Waals surface area (Å²) in [5.41, 5.74) is 9.66. The maximum Gasteiger partial charge on any atom is 0.315 e. The first-order chi connectivity index (χ1) is 18.3. The fourth-order valence-corrected chi connectivity index (χ4v) is 4.84. The van der Waals surface area contributed by atoms with E-state index in [1.165, 1.54) is 24.7 Å². The van der Waals surface area contributed by atoms with Crippen LogP contribution < -0.4 is 10.5 Å². The van der Waals surface area contributed by atoms with Crippen molar-refractivity contribution in [3.05, 3.63) is 45.6 Å². The lowest BCUT2D eigenvalue weighted by Gasteiger charge is -2.08. The molecule has 0 spiro atoms. The Bertz CT molecular complexity index is 1260. The Labute approximate surface area is 230 Å². The van der Waals surface area contributed by atoms with E-state index in [0.29, 0.717) is 34.1 Å². The van der Waals surface area contributed by atoms with E-state index in [-0.39, 0.29) is 30.6 Å². The molecule has 1 aliphatic heterocycles. The summed E-state index contributed by atoms with van der Waals surface area (Å²) in [5.74, 6) is -0.732. The van der Waals surface area contributed by atoms with Crippen molar-refractivity contribution in [2.75, 3.05) is 32.6 Å². The van der Waals surface area contributed by atoms with Crippen LogP contribution in [0.3, 0.4) is 0 Å². The average Bonchev–Trinajstić information content (AvgIpc) is 3.49. The Morgan fingerprint density at radius 2 is 2.03 bits per heavy atom. The monoisotopic (exact) mass is 566 g/mol. The lowest BCUT2D eigenvalue weighted by molar-refractivity contribution is -0.141. The van der Waals surface area contributed by atoms with Crippen molar-refractivity contribution < 1.29 is 22.9 Å². The highest BCUT2D eigenvalue weighted by Crippen LogP contribution is 2.34. The summed E-state index contributed by atoms with van der Waals surface area (Å²) in [6.45, 7) is 6.29. The number of carbonyl (C=O) groups is 2. The van der Waals surface area contributed by atoms with Gasteiger partial charge in [0.05, 0.1) is 23.2 Å². The van der Waals surface area contributed by atoms with Crippen LogP contribution >= 0.6 is 23.7 Å². The molecule has 3 aromatic rings. The fourth-order valence-electron chi connectivity index (χ4n) is 3.43. The van der Waals surface area contributed by atoms with Crippen LogP contribution in [0.5, 0.6) is 0 Å². The number of fused-ring (bicyclic) bond motifs is 3. The minimum absolute atomic E-state index is 0.00207. The number of nitrogens with zero attached hydrogens (tertiary/aromatic N) is 3. The number of Topliss-reactive ketones (excluding diaryl/α,β-unsaturated/α-hetero) is 1. The van der Waals surface area contributed by atoms with E-state index in [0.717, 1.165) is 15.8 Å². The molecule has 0 saturated carbocycles. The number of nitrogens with one attached hydrogen (secondary N) is 2. The minimum atomic E-state index is -0.413. The summed E-state index contributed by atoms with van der Waals surface area (Å²) in [4.78, 5) is 32.1. The molecule has 4 rings (SSSR count). The number of aromatic nitrogens is 2. The number of hydrogen-bond acceptors (Lipinski definition) is 11. The summed E-state index contributed by atoms with van der Waals surface area (Å²) in [6.07, 6.45) is 2.88. The molecule has 10 nitrogen and oxygen atoms in total. The first-order valence-electron chi connectivity index (χ1n) is 11.6. The van der Waals surface area contributed by atoms with Crippen molar-refractivity contribution in [1.29, 1.82) is 5.41 Å². The zero-order valence-electron chi connectivity index (χ0n) is 22.6. The van der Waals surface area contributed by atoms with Gasteiger partial charge in [0.2, 0.25) is 5.78 Å². The van der Waals surface area contributed by atoms with Gasteiger partial charge >= 0.3 is 5.97 Å². The molecule has 208 valence electrons. The number of ketones is 1. The number of carbonyl (C=O) groups excluding carboxylic acids is 2. The number of rotatable bonds is 6. The zero-order chi connectivity index (χ0) is 28.8. The molecule has 13 heteroatoms. The lowest BCUT2D eigenvalue weighted by atomic mass is 10.1. The van der Waals surface area contributed by atoms with Gasteiger partial charge in [0.1, 0.15) is 17.5 Å².